The highest BCUT2D eigenvalue weighted by Crippen LogP contribution is 2.51. The van der Waals surface area contributed by atoms with E-state index >= 15 is 0 Å². The Hall–Kier alpha value is -0.960. The van der Waals surface area contributed by atoms with Crippen LogP contribution in [0.15, 0.2) is 18.6 Å². The molecule has 0 spiro atoms. The third kappa shape index (κ3) is 1.23. The molecule has 1 N–H and O–H groups in total. The van der Waals surface area contributed by atoms with Crippen LogP contribution in [0.25, 0.3) is 0 Å². The van der Waals surface area contributed by atoms with Crippen LogP contribution in [-0.4, -0.2) is 21.2 Å². The van der Waals surface area contributed by atoms with Crippen LogP contribution < -0.4 is 0 Å². The van der Waals surface area contributed by atoms with Crippen molar-refractivity contribution in [2.24, 2.45) is 5.41 Å². The molecule has 2 atom stereocenters. The number of aromatic nitrogens is 2. The minimum Gasteiger partial charge on any atom is -0.393 e. The molecule has 1 aliphatic carbocycles. The minimum absolute atomic E-state index is 0.0456. The molecular formula is C10H14N2O. The minimum atomic E-state index is -0.195. The molecule has 0 bridgehead atoms. The molecule has 0 aromatic carbocycles. The van der Waals surface area contributed by atoms with Crippen LogP contribution in [-0.2, 0) is 0 Å². The van der Waals surface area contributed by atoms with Gasteiger partial charge in [0.25, 0.3) is 0 Å². The van der Waals surface area contributed by atoms with E-state index in [1.807, 2.05) is 0 Å². The fourth-order valence-corrected chi connectivity index (χ4v) is 1.89. The van der Waals surface area contributed by atoms with Gasteiger partial charge >= 0.3 is 0 Å². The highest BCUT2D eigenvalue weighted by molar-refractivity contribution is 5.16. The van der Waals surface area contributed by atoms with Gasteiger partial charge in [0.2, 0.25) is 0 Å². The Balaban J connectivity index is 2.22. The molecule has 3 nitrogen and oxygen atoms in total. The molecule has 2 rings (SSSR count). The summed E-state index contributed by atoms with van der Waals surface area (Å²) in [4.78, 5) is 8.29. The summed E-state index contributed by atoms with van der Waals surface area (Å²) >= 11 is 0. The maximum absolute atomic E-state index is 9.56. The smallest absolute Gasteiger partial charge is 0.0624 e. The van der Waals surface area contributed by atoms with E-state index in [0.29, 0.717) is 5.92 Å². The second kappa shape index (κ2) is 2.77. The Labute approximate surface area is 77.8 Å². The SMILES string of the molecule is CC1(C)C(O)CC1c1cnccn1. The van der Waals surface area contributed by atoms with E-state index in [1.54, 1.807) is 18.6 Å². The fraction of sp³-hybridized carbons (Fsp3) is 0.600. The van der Waals surface area contributed by atoms with Crippen LogP contribution in [0, 0.1) is 5.41 Å². The third-order valence-corrected chi connectivity index (χ3v) is 3.16. The van der Waals surface area contributed by atoms with Crippen molar-refractivity contribution >= 4 is 0 Å². The van der Waals surface area contributed by atoms with Crippen molar-refractivity contribution in [2.75, 3.05) is 0 Å². The van der Waals surface area contributed by atoms with Crippen LogP contribution in [0.5, 0.6) is 0 Å². The van der Waals surface area contributed by atoms with E-state index in [4.69, 9.17) is 0 Å². The predicted octanol–water partition coefficient (Wildman–Crippen LogP) is 1.35. The molecule has 0 radical (unpaired) electrons. The lowest BCUT2D eigenvalue weighted by Gasteiger charge is -2.48. The number of rotatable bonds is 1. The Morgan fingerprint density at radius 3 is 2.69 bits per heavy atom. The first-order valence-corrected chi connectivity index (χ1v) is 4.56. The van der Waals surface area contributed by atoms with Gasteiger partial charge in [-0.05, 0) is 11.8 Å². The molecule has 1 heterocycles. The van der Waals surface area contributed by atoms with Crippen molar-refractivity contribution in [3.8, 4) is 0 Å². The second-order valence-electron chi connectivity index (χ2n) is 4.26. The summed E-state index contributed by atoms with van der Waals surface area (Å²) in [7, 11) is 0. The van der Waals surface area contributed by atoms with Gasteiger partial charge in [0, 0.05) is 24.5 Å². The highest BCUT2D eigenvalue weighted by atomic mass is 16.3. The van der Waals surface area contributed by atoms with Gasteiger partial charge < -0.3 is 5.11 Å². The molecule has 0 saturated heterocycles. The van der Waals surface area contributed by atoms with Gasteiger partial charge in [-0.15, -0.1) is 0 Å². The zero-order valence-corrected chi connectivity index (χ0v) is 7.94. The molecule has 70 valence electrons. The normalized spacial score (nSPS) is 31.0. The first-order valence-electron chi connectivity index (χ1n) is 4.56. The third-order valence-electron chi connectivity index (χ3n) is 3.16. The highest BCUT2D eigenvalue weighted by Gasteiger charge is 2.48. The van der Waals surface area contributed by atoms with Gasteiger partial charge in [-0.2, -0.15) is 0 Å². The van der Waals surface area contributed by atoms with E-state index in [1.165, 1.54) is 0 Å². The molecule has 1 aromatic rings. The average Bonchev–Trinajstić information content (AvgIpc) is 2.15. The Kier molecular flexibility index (Phi) is 1.84. The summed E-state index contributed by atoms with van der Waals surface area (Å²) in [6, 6.07) is 0. The lowest BCUT2D eigenvalue weighted by atomic mass is 9.59. The van der Waals surface area contributed by atoms with Crippen molar-refractivity contribution in [1.29, 1.82) is 0 Å². The Morgan fingerprint density at radius 2 is 2.23 bits per heavy atom. The van der Waals surface area contributed by atoms with Gasteiger partial charge in [-0.3, -0.25) is 9.97 Å². The molecular weight excluding hydrogens is 164 g/mol. The lowest BCUT2D eigenvalue weighted by molar-refractivity contribution is -0.0640. The van der Waals surface area contributed by atoms with Crippen LogP contribution >= 0.6 is 0 Å². The van der Waals surface area contributed by atoms with E-state index in [0.717, 1.165) is 12.1 Å². The predicted molar refractivity (Wildman–Crippen MR) is 49.2 cm³/mol. The van der Waals surface area contributed by atoms with Crippen molar-refractivity contribution < 1.29 is 5.11 Å². The molecule has 1 saturated carbocycles. The Bertz CT molecular complexity index is 297. The summed E-state index contributed by atoms with van der Waals surface area (Å²) < 4.78 is 0. The van der Waals surface area contributed by atoms with Crippen LogP contribution in [0.3, 0.4) is 0 Å². The number of aliphatic hydroxyl groups is 1. The second-order valence-corrected chi connectivity index (χ2v) is 4.26. The molecule has 3 heteroatoms. The van der Waals surface area contributed by atoms with Gasteiger partial charge in [0.1, 0.15) is 0 Å². The summed E-state index contributed by atoms with van der Waals surface area (Å²) in [5.74, 6) is 0.358. The maximum atomic E-state index is 9.56. The van der Waals surface area contributed by atoms with E-state index in [2.05, 4.69) is 23.8 Å². The van der Waals surface area contributed by atoms with Crippen LogP contribution in [0.2, 0.25) is 0 Å². The zero-order valence-electron chi connectivity index (χ0n) is 7.94. The molecule has 0 aliphatic heterocycles. The quantitative estimate of drug-likeness (QED) is 0.706. The molecule has 0 amide bonds. The first-order chi connectivity index (χ1) is 6.12. The molecule has 13 heavy (non-hydrogen) atoms. The molecule has 1 aromatic heterocycles. The number of nitrogens with zero attached hydrogens (tertiary/aromatic N) is 2. The van der Waals surface area contributed by atoms with Gasteiger partial charge in [-0.1, -0.05) is 13.8 Å². The summed E-state index contributed by atoms with van der Waals surface area (Å²) in [5, 5.41) is 9.56. The van der Waals surface area contributed by atoms with Crippen molar-refractivity contribution in [3.05, 3.63) is 24.3 Å². The van der Waals surface area contributed by atoms with E-state index < -0.39 is 0 Å². The van der Waals surface area contributed by atoms with Gasteiger partial charge in [-0.25, -0.2) is 0 Å². The largest absolute Gasteiger partial charge is 0.393 e. The molecule has 1 fully saturated rings. The van der Waals surface area contributed by atoms with Crippen molar-refractivity contribution in [2.45, 2.75) is 32.3 Å². The standard InChI is InChI=1S/C10H14N2O/c1-10(2)7(5-9(10)13)8-6-11-3-4-12-8/h3-4,6-7,9,13H,5H2,1-2H3. The summed E-state index contributed by atoms with van der Waals surface area (Å²) in [6.07, 6.45) is 5.78. The lowest BCUT2D eigenvalue weighted by Crippen LogP contribution is -2.47. The monoisotopic (exact) mass is 178 g/mol. The van der Waals surface area contributed by atoms with E-state index in [-0.39, 0.29) is 11.5 Å². The number of hydrogen-bond acceptors (Lipinski definition) is 3. The summed E-state index contributed by atoms with van der Waals surface area (Å²) in [5.41, 5.74) is 0.952. The van der Waals surface area contributed by atoms with Gasteiger partial charge in [0.05, 0.1) is 11.8 Å². The Morgan fingerprint density at radius 1 is 1.46 bits per heavy atom. The number of aliphatic hydroxyl groups excluding tert-OH is 1. The van der Waals surface area contributed by atoms with Crippen molar-refractivity contribution in [1.82, 2.24) is 9.97 Å². The number of hydrogen-bond donors (Lipinski definition) is 1. The molecule has 1 aliphatic rings. The molecule has 2 unspecified atom stereocenters. The summed E-state index contributed by atoms with van der Waals surface area (Å²) in [6.45, 7) is 4.14. The first kappa shape index (κ1) is 8.63. The van der Waals surface area contributed by atoms with Gasteiger partial charge in [0.15, 0.2) is 0 Å². The van der Waals surface area contributed by atoms with E-state index in [9.17, 15) is 5.11 Å². The fourth-order valence-electron chi connectivity index (χ4n) is 1.89. The van der Waals surface area contributed by atoms with Crippen LogP contribution in [0.4, 0.5) is 0 Å². The van der Waals surface area contributed by atoms with Crippen molar-refractivity contribution in [3.63, 3.8) is 0 Å². The maximum Gasteiger partial charge on any atom is 0.0624 e. The zero-order chi connectivity index (χ0) is 9.47. The van der Waals surface area contributed by atoms with Crippen LogP contribution in [0.1, 0.15) is 31.9 Å². The topological polar surface area (TPSA) is 46.0 Å². The average molecular weight is 178 g/mol.